The molecular formula is C23H20N4O3S. The molecule has 8 heteroatoms. The molecule has 0 aliphatic carbocycles. The topological polar surface area (TPSA) is 78.3 Å². The van der Waals surface area contributed by atoms with E-state index in [0.29, 0.717) is 35.4 Å². The van der Waals surface area contributed by atoms with Crippen molar-refractivity contribution in [3.8, 4) is 28.4 Å². The Labute approximate surface area is 183 Å². The van der Waals surface area contributed by atoms with Crippen LogP contribution in [0.3, 0.4) is 0 Å². The zero-order valence-electron chi connectivity index (χ0n) is 17.1. The van der Waals surface area contributed by atoms with Crippen LogP contribution in [0.5, 0.6) is 11.5 Å². The second-order valence-corrected chi connectivity index (χ2v) is 8.00. The van der Waals surface area contributed by atoms with E-state index in [1.165, 1.54) is 11.3 Å². The Morgan fingerprint density at radius 1 is 1.06 bits per heavy atom. The molecule has 4 aromatic rings. The van der Waals surface area contributed by atoms with Crippen molar-refractivity contribution in [1.29, 1.82) is 0 Å². The molecule has 31 heavy (non-hydrogen) atoms. The van der Waals surface area contributed by atoms with E-state index < -0.39 is 0 Å². The standard InChI is InChI=1S/C23H20N4O3S/c1-14-21(15(2)27(26-14)17-6-4-3-5-7-17)22(28)25-23-24-18(13-31-23)16-8-9-19-20(12-16)30-11-10-29-19/h3-9,12-13H,10-11H2,1-2H3,(H,24,25,28). The van der Waals surface area contributed by atoms with Crippen LogP contribution in [0.2, 0.25) is 0 Å². The summed E-state index contributed by atoms with van der Waals surface area (Å²) in [7, 11) is 0. The summed E-state index contributed by atoms with van der Waals surface area (Å²) in [6.07, 6.45) is 0. The van der Waals surface area contributed by atoms with Crippen LogP contribution in [0, 0.1) is 13.8 Å². The monoisotopic (exact) mass is 432 g/mol. The summed E-state index contributed by atoms with van der Waals surface area (Å²) in [6.45, 7) is 4.82. The van der Waals surface area contributed by atoms with Gasteiger partial charge in [0, 0.05) is 10.9 Å². The van der Waals surface area contributed by atoms with E-state index in [0.717, 1.165) is 28.4 Å². The highest BCUT2D eigenvalue weighted by Gasteiger charge is 2.21. The number of benzene rings is 2. The Morgan fingerprint density at radius 3 is 2.65 bits per heavy atom. The van der Waals surface area contributed by atoms with Gasteiger partial charge in [-0.3, -0.25) is 10.1 Å². The largest absolute Gasteiger partial charge is 0.486 e. The van der Waals surface area contributed by atoms with Crippen LogP contribution in [0.4, 0.5) is 5.13 Å². The third-order valence-corrected chi connectivity index (χ3v) is 5.84. The van der Waals surface area contributed by atoms with Gasteiger partial charge in [0.05, 0.1) is 28.3 Å². The maximum absolute atomic E-state index is 13.0. The molecule has 0 fully saturated rings. The van der Waals surface area contributed by atoms with Crippen LogP contribution >= 0.6 is 11.3 Å². The summed E-state index contributed by atoms with van der Waals surface area (Å²) in [4.78, 5) is 17.6. The quantitative estimate of drug-likeness (QED) is 0.508. The number of para-hydroxylation sites is 1. The van der Waals surface area contributed by atoms with E-state index in [-0.39, 0.29) is 5.91 Å². The van der Waals surface area contributed by atoms with E-state index in [1.54, 1.807) is 4.68 Å². The summed E-state index contributed by atoms with van der Waals surface area (Å²) < 4.78 is 13.0. The van der Waals surface area contributed by atoms with Gasteiger partial charge in [-0.2, -0.15) is 5.10 Å². The van der Waals surface area contributed by atoms with Crippen LogP contribution in [0.15, 0.2) is 53.9 Å². The summed E-state index contributed by atoms with van der Waals surface area (Å²) >= 11 is 1.38. The first-order chi connectivity index (χ1) is 15.1. The Kier molecular flexibility index (Phi) is 4.91. The zero-order chi connectivity index (χ0) is 21.4. The molecule has 1 aliphatic heterocycles. The molecule has 0 atom stereocenters. The summed E-state index contributed by atoms with van der Waals surface area (Å²) in [5.41, 5.74) is 4.60. The van der Waals surface area contributed by atoms with Gasteiger partial charge >= 0.3 is 0 Å². The Hall–Kier alpha value is -3.65. The van der Waals surface area contributed by atoms with E-state index >= 15 is 0 Å². The lowest BCUT2D eigenvalue weighted by Crippen LogP contribution is -2.15. The number of anilines is 1. The first kappa shape index (κ1) is 19.3. The van der Waals surface area contributed by atoms with Crippen LogP contribution in [-0.2, 0) is 0 Å². The normalized spacial score (nSPS) is 12.6. The molecule has 0 radical (unpaired) electrons. The summed E-state index contributed by atoms with van der Waals surface area (Å²) in [5.74, 6) is 1.22. The van der Waals surface area contributed by atoms with E-state index in [1.807, 2.05) is 67.8 Å². The SMILES string of the molecule is Cc1nn(-c2ccccc2)c(C)c1C(=O)Nc1nc(-c2ccc3c(c2)OCCO3)cs1. The number of ether oxygens (including phenoxy) is 2. The fraction of sp³-hybridized carbons (Fsp3) is 0.174. The molecule has 1 amide bonds. The Balaban J connectivity index is 1.38. The van der Waals surface area contributed by atoms with Crippen molar-refractivity contribution in [2.75, 3.05) is 18.5 Å². The third-order valence-electron chi connectivity index (χ3n) is 5.08. The number of aryl methyl sites for hydroxylation is 1. The van der Waals surface area contributed by atoms with E-state index in [9.17, 15) is 4.79 Å². The van der Waals surface area contributed by atoms with E-state index in [4.69, 9.17) is 9.47 Å². The minimum atomic E-state index is -0.222. The van der Waals surface area contributed by atoms with Gasteiger partial charge in [-0.25, -0.2) is 9.67 Å². The van der Waals surface area contributed by atoms with Gasteiger partial charge in [-0.1, -0.05) is 18.2 Å². The first-order valence-electron chi connectivity index (χ1n) is 9.88. The average molecular weight is 433 g/mol. The summed E-state index contributed by atoms with van der Waals surface area (Å²) in [6, 6.07) is 15.5. The second-order valence-electron chi connectivity index (χ2n) is 7.14. The number of rotatable bonds is 4. The zero-order valence-corrected chi connectivity index (χ0v) is 17.9. The average Bonchev–Trinajstić information content (AvgIpc) is 3.37. The second kappa shape index (κ2) is 7.88. The van der Waals surface area contributed by atoms with Gasteiger partial charge in [0.25, 0.3) is 5.91 Å². The molecule has 2 aromatic heterocycles. The summed E-state index contributed by atoms with van der Waals surface area (Å²) in [5, 5.41) is 9.91. The molecular weight excluding hydrogens is 412 g/mol. The molecule has 0 spiro atoms. The number of nitrogens with one attached hydrogen (secondary N) is 1. The number of hydrogen-bond donors (Lipinski definition) is 1. The fourth-order valence-electron chi connectivity index (χ4n) is 3.62. The highest BCUT2D eigenvalue weighted by atomic mass is 32.1. The highest BCUT2D eigenvalue weighted by molar-refractivity contribution is 7.14. The number of carbonyl (C=O) groups excluding carboxylic acids is 1. The Bertz CT molecular complexity index is 1260. The smallest absolute Gasteiger partial charge is 0.261 e. The number of carbonyl (C=O) groups is 1. The molecule has 5 rings (SSSR count). The van der Waals surface area contributed by atoms with Crippen LogP contribution in [0.25, 0.3) is 16.9 Å². The van der Waals surface area contributed by atoms with Gasteiger partial charge < -0.3 is 9.47 Å². The molecule has 0 bridgehead atoms. The fourth-order valence-corrected chi connectivity index (χ4v) is 4.33. The van der Waals surface area contributed by atoms with Crippen molar-refractivity contribution in [3.63, 3.8) is 0 Å². The van der Waals surface area contributed by atoms with Crippen molar-refractivity contribution < 1.29 is 14.3 Å². The molecule has 0 unspecified atom stereocenters. The van der Waals surface area contributed by atoms with Crippen LogP contribution in [-0.4, -0.2) is 33.9 Å². The maximum atomic E-state index is 13.0. The van der Waals surface area contributed by atoms with E-state index in [2.05, 4.69) is 15.4 Å². The first-order valence-corrected chi connectivity index (χ1v) is 10.8. The molecule has 7 nitrogen and oxygen atoms in total. The van der Waals surface area contributed by atoms with Gasteiger partial charge in [0.1, 0.15) is 13.2 Å². The number of thiazole rings is 1. The third kappa shape index (κ3) is 3.66. The van der Waals surface area contributed by atoms with Gasteiger partial charge in [0.2, 0.25) is 0 Å². The molecule has 1 N–H and O–H groups in total. The minimum Gasteiger partial charge on any atom is -0.486 e. The van der Waals surface area contributed by atoms with Gasteiger partial charge in [-0.15, -0.1) is 11.3 Å². The predicted molar refractivity (Wildman–Crippen MR) is 120 cm³/mol. The van der Waals surface area contributed by atoms with Crippen LogP contribution < -0.4 is 14.8 Å². The molecule has 0 saturated carbocycles. The van der Waals surface area contributed by atoms with Crippen molar-refractivity contribution in [2.24, 2.45) is 0 Å². The number of fused-ring (bicyclic) bond motifs is 1. The van der Waals surface area contributed by atoms with Crippen LogP contribution in [0.1, 0.15) is 21.7 Å². The number of aromatic nitrogens is 3. The molecule has 1 aliphatic rings. The van der Waals surface area contributed by atoms with Gasteiger partial charge in [0.15, 0.2) is 16.6 Å². The number of amides is 1. The molecule has 0 saturated heterocycles. The molecule has 156 valence electrons. The molecule has 2 aromatic carbocycles. The lowest BCUT2D eigenvalue weighted by atomic mass is 10.1. The maximum Gasteiger partial charge on any atom is 0.261 e. The minimum absolute atomic E-state index is 0.222. The molecule has 3 heterocycles. The lowest BCUT2D eigenvalue weighted by molar-refractivity contribution is 0.102. The van der Waals surface area contributed by atoms with Crippen molar-refractivity contribution in [3.05, 3.63) is 70.9 Å². The Morgan fingerprint density at radius 2 is 1.84 bits per heavy atom. The lowest BCUT2D eigenvalue weighted by Gasteiger charge is -2.18. The van der Waals surface area contributed by atoms with Crippen molar-refractivity contribution >= 4 is 22.4 Å². The predicted octanol–water partition coefficient (Wildman–Crippen LogP) is 4.64. The highest BCUT2D eigenvalue weighted by Crippen LogP contribution is 2.35. The number of hydrogen-bond acceptors (Lipinski definition) is 6. The van der Waals surface area contributed by atoms with Crippen molar-refractivity contribution in [2.45, 2.75) is 13.8 Å². The van der Waals surface area contributed by atoms with Gasteiger partial charge in [-0.05, 0) is 44.2 Å². The number of nitrogens with zero attached hydrogens (tertiary/aromatic N) is 3. The van der Waals surface area contributed by atoms with Crippen molar-refractivity contribution in [1.82, 2.24) is 14.8 Å².